The standard InChI is InChI=1S/C22H21ClN4O3S/c23-17-8-6-16(7-9-17)21-25-26-22(30-21)31-14-19(28)27-12-10-18(11-13-27)24-20(29)15-4-2-1-3-5-15/h1-9,18H,10-14H2,(H,24,29). The smallest absolute Gasteiger partial charge is 0.277 e. The molecule has 9 heteroatoms. The van der Waals surface area contributed by atoms with Crippen LogP contribution in [0.15, 0.2) is 64.2 Å². The van der Waals surface area contributed by atoms with Crippen LogP contribution in [0.4, 0.5) is 0 Å². The van der Waals surface area contributed by atoms with Gasteiger partial charge in [-0.15, -0.1) is 10.2 Å². The molecule has 2 aromatic carbocycles. The average molecular weight is 457 g/mol. The van der Waals surface area contributed by atoms with Gasteiger partial charge in [0.1, 0.15) is 0 Å². The molecular formula is C22H21ClN4O3S. The number of amides is 2. The van der Waals surface area contributed by atoms with E-state index < -0.39 is 0 Å². The van der Waals surface area contributed by atoms with Gasteiger partial charge >= 0.3 is 0 Å². The first-order valence-corrected chi connectivity index (χ1v) is 11.3. The van der Waals surface area contributed by atoms with E-state index in [0.717, 1.165) is 18.4 Å². The fourth-order valence-electron chi connectivity index (χ4n) is 3.32. The highest BCUT2D eigenvalue weighted by Crippen LogP contribution is 2.25. The summed E-state index contributed by atoms with van der Waals surface area (Å²) < 4.78 is 5.63. The van der Waals surface area contributed by atoms with Crippen molar-refractivity contribution in [3.8, 4) is 11.5 Å². The molecule has 0 aliphatic carbocycles. The van der Waals surface area contributed by atoms with Crippen molar-refractivity contribution in [2.45, 2.75) is 24.1 Å². The van der Waals surface area contributed by atoms with Gasteiger partial charge in [0.15, 0.2) is 0 Å². The molecule has 1 aromatic heterocycles. The van der Waals surface area contributed by atoms with E-state index in [0.29, 0.717) is 34.8 Å². The van der Waals surface area contributed by atoms with Crippen molar-refractivity contribution in [3.63, 3.8) is 0 Å². The third-order valence-electron chi connectivity index (χ3n) is 5.04. The van der Waals surface area contributed by atoms with Gasteiger partial charge in [0, 0.05) is 35.3 Å². The molecule has 1 aliphatic rings. The normalized spacial score (nSPS) is 14.4. The summed E-state index contributed by atoms with van der Waals surface area (Å²) in [6, 6.07) is 16.3. The molecule has 1 aliphatic heterocycles. The number of benzene rings is 2. The Morgan fingerprint density at radius 3 is 2.48 bits per heavy atom. The molecule has 1 saturated heterocycles. The maximum absolute atomic E-state index is 12.5. The lowest BCUT2D eigenvalue weighted by Gasteiger charge is -2.32. The Balaban J connectivity index is 1.22. The minimum atomic E-state index is -0.0752. The molecule has 1 fully saturated rings. The Morgan fingerprint density at radius 1 is 1.06 bits per heavy atom. The van der Waals surface area contributed by atoms with Crippen molar-refractivity contribution in [1.29, 1.82) is 0 Å². The zero-order chi connectivity index (χ0) is 21.6. The summed E-state index contributed by atoms with van der Waals surface area (Å²) in [5.74, 6) is 0.558. The number of likely N-dealkylation sites (tertiary alicyclic amines) is 1. The molecule has 2 heterocycles. The maximum Gasteiger partial charge on any atom is 0.277 e. The Labute approximate surface area is 189 Å². The van der Waals surface area contributed by atoms with Crippen molar-refractivity contribution < 1.29 is 14.0 Å². The molecule has 0 unspecified atom stereocenters. The van der Waals surface area contributed by atoms with E-state index in [1.807, 2.05) is 23.1 Å². The van der Waals surface area contributed by atoms with Crippen LogP contribution in [-0.2, 0) is 4.79 Å². The molecule has 0 radical (unpaired) electrons. The highest BCUT2D eigenvalue weighted by Gasteiger charge is 2.24. The molecule has 0 saturated carbocycles. The Kier molecular flexibility index (Phi) is 6.89. The molecule has 3 aromatic rings. The zero-order valence-corrected chi connectivity index (χ0v) is 18.2. The summed E-state index contributed by atoms with van der Waals surface area (Å²) in [6.45, 7) is 1.22. The Morgan fingerprint density at radius 2 is 1.77 bits per heavy atom. The number of rotatable bonds is 6. The van der Waals surface area contributed by atoms with Gasteiger partial charge in [-0.1, -0.05) is 41.6 Å². The van der Waals surface area contributed by atoms with Crippen LogP contribution in [0, 0.1) is 0 Å². The van der Waals surface area contributed by atoms with E-state index in [1.165, 1.54) is 11.8 Å². The van der Waals surface area contributed by atoms with Gasteiger partial charge in [0.2, 0.25) is 11.8 Å². The van der Waals surface area contributed by atoms with Gasteiger partial charge in [-0.05, 0) is 49.2 Å². The van der Waals surface area contributed by atoms with E-state index in [-0.39, 0.29) is 23.6 Å². The van der Waals surface area contributed by atoms with Gasteiger partial charge < -0.3 is 14.6 Å². The minimum absolute atomic E-state index is 0.0177. The predicted molar refractivity (Wildman–Crippen MR) is 119 cm³/mol. The van der Waals surface area contributed by atoms with Gasteiger partial charge in [0.05, 0.1) is 5.75 Å². The molecule has 0 spiro atoms. The van der Waals surface area contributed by atoms with Crippen molar-refractivity contribution in [2.75, 3.05) is 18.8 Å². The molecule has 0 atom stereocenters. The van der Waals surface area contributed by atoms with Gasteiger partial charge in [-0.2, -0.15) is 0 Å². The summed E-state index contributed by atoms with van der Waals surface area (Å²) >= 11 is 7.11. The van der Waals surface area contributed by atoms with Crippen LogP contribution in [0.25, 0.3) is 11.5 Å². The summed E-state index contributed by atoms with van der Waals surface area (Å²) in [6.07, 6.45) is 1.46. The van der Waals surface area contributed by atoms with Crippen LogP contribution in [-0.4, -0.2) is 51.8 Å². The molecule has 160 valence electrons. The molecule has 7 nitrogen and oxygen atoms in total. The average Bonchev–Trinajstić information content (AvgIpc) is 3.28. The van der Waals surface area contributed by atoms with E-state index in [9.17, 15) is 9.59 Å². The quantitative estimate of drug-likeness (QED) is 0.566. The van der Waals surface area contributed by atoms with Crippen molar-refractivity contribution in [3.05, 3.63) is 65.2 Å². The number of halogens is 1. The number of aromatic nitrogens is 2. The van der Waals surface area contributed by atoms with Crippen LogP contribution in [0.3, 0.4) is 0 Å². The van der Waals surface area contributed by atoms with Gasteiger partial charge in [0.25, 0.3) is 11.1 Å². The summed E-state index contributed by atoms with van der Waals surface area (Å²) in [7, 11) is 0. The summed E-state index contributed by atoms with van der Waals surface area (Å²) in [5, 5.41) is 12.1. The highest BCUT2D eigenvalue weighted by molar-refractivity contribution is 7.99. The number of hydrogen-bond acceptors (Lipinski definition) is 6. The van der Waals surface area contributed by atoms with Gasteiger partial charge in [-0.3, -0.25) is 9.59 Å². The monoisotopic (exact) mass is 456 g/mol. The number of piperidine rings is 1. The second-order valence-electron chi connectivity index (χ2n) is 7.16. The Hall–Kier alpha value is -2.84. The van der Waals surface area contributed by atoms with E-state index in [2.05, 4.69) is 15.5 Å². The first-order valence-electron chi connectivity index (χ1n) is 9.94. The van der Waals surface area contributed by atoms with Crippen LogP contribution < -0.4 is 5.32 Å². The second kappa shape index (κ2) is 9.98. The molecule has 1 N–H and O–H groups in total. The topological polar surface area (TPSA) is 88.3 Å². The minimum Gasteiger partial charge on any atom is -0.411 e. The predicted octanol–water partition coefficient (Wildman–Crippen LogP) is 3.90. The maximum atomic E-state index is 12.5. The SMILES string of the molecule is O=C(NC1CCN(C(=O)CSc2nnc(-c3ccc(Cl)cc3)o2)CC1)c1ccccc1. The lowest BCUT2D eigenvalue weighted by Crippen LogP contribution is -2.47. The molecule has 31 heavy (non-hydrogen) atoms. The van der Waals surface area contributed by atoms with Crippen molar-refractivity contribution >= 4 is 35.2 Å². The third-order valence-corrected chi connectivity index (χ3v) is 6.09. The number of thioether (sulfide) groups is 1. The fraction of sp³-hybridized carbons (Fsp3) is 0.273. The molecule has 2 amide bonds. The lowest BCUT2D eigenvalue weighted by atomic mass is 10.0. The first kappa shape index (κ1) is 21.4. The first-order chi connectivity index (χ1) is 15.1. The van der Waals surface area contributed by atoms with E-state index in [4.69, 9.17) is 16.0 Å². The molecular weight excluding hydrogens is 436 g/mol. The zero-order valence-electron chi connectivity index (χ0n) is 16.7. The van der Waals surface area contributed by atoms with Crippen LogP contribution in [0.1, 0.15) is 23.2 Å². The fourth-order valence-corrected chi connectivity index (χ4v) is 4.12. The third kappa shape index (κ3) is 5.65. The molecule has 4 rings (SSSR count). The van der Waals surface area contributed by atoms with Gasteiger partial charge in [-0.25, -0.2) is 0 Å². The largest absolute Gasteiger partial charge is 0.411 e. The highest BCUT2D eigenvalue weighted by atomic mass is 35.5. The number of carbonyl (C=O) groups excluding carboxylic acids is 2. The van der Waals surface area contributed by atoms with Crippen LogP contribution in [0.5, 0.6) is 0 Å². The lowest BCUT2D eigenvalue weighted by molar-refractivity contribution is -0.129. The summed E-state index contributed by atoms with van der Waals surface area (Å²) in [4.78, 5) is 26.6. The van der Waals surface area contributed by atoms with Crippen LogP contribution >= 0.6 is 23.4 Å². The van der Waals surface area contributed by atoms with Crippen molar-refractivity contribution in [2.24, 2.45) is 0 Å². The van der Waals surface area contributed by atoms with Crippen molar-refractivity contribution in [1.82, 2.24) is 20.4 Å². The summed E-state index contributed by atoms with van der Waals surface area (Å²) in [5.41, 5.74) is 1.42. The van der Waals surface area contributed by atoms with Crippen LogP contribution in [0.2, 0.25) is 5.02 Å². The second-order valence-corrected chi connectivity index (χ2v) is 8.53. The number of nitrogens with zero attached hydrogens (tertiary/aromatic N) is 3. The molecule has 0 bridgehead atoms. The Bertz CT molecular complexity index is 1030. The van der Waals surface area contributed by atoms with E-state index in [1.54, 1.807) is 36.4 Å². The van der Waals surface area contributed by atoms with E-state index >= 15 is 0 Å². The number of nitrogens with one attached hydrogen (secondary N) is 1. The number of carbonyl (C=O) groups is 2. The number of hydrogen-bond donors (Lipinski definition) is 1.